The molecule has 0 radical (unpaired) electrons. The molecule has 0 aromatic heterocycles. The second-order valence-corrected chi connectivity index (χ2v) is 17.1. The van der Waals surface area contributed by atoms with Gasteiger partial charge in [-0.2, -0.15) is 0 Å². The number of hydrogen-bond acceptors (Lipinski definition) is 5. The Morgan fingerprint density at radius 2 is 0.810 bits per heavy atom. The fourth-order valence-electron chi connectivity index (χ4n) is 7.44. The van der Waals surface area contributed by atoms with E-state index in [1.807, 2.05) is 6.08 Å². The van der Waals surface area contributed by atoms with Crippen LogP contribution in [0.2, 0.25) is 0 Å². The first-order chi connectivity index (χ1) is 28.5. The number of aliphatic hydroxyl groups excluding tert-OH is 2. The second-order valence-electron chi connectivity index (χ2n) is 17.1. The van der Waals surface area contributed by atoms with Crippen LogP contribution in [0, 0.1) is 0 Å². The van der Waals surface area contributed by atoms with Gasteiger partial charge in [0.1, 0.15) is 0 Å². The third kappa shape index (κ3) is 43.7. The van der Waals surface area contributed by atoms with E-state index in [0.717, 1.165) is 70.6 Å². The Kier molecular flexibility index (Phi) is 46.2. The van der Waals surface area contributed by atoms with Crippen molar-refractivity contribution in [2.24, 2.45) is 0 Å². The molecule has 0 fully saturated rings. The number of hydrogen-bond donors (Lipinski definition) is 3. The van der Waals surface area contributed by atoms with Gasteiger partial charge in [-0.15, -0.1) is 0 Å². The van der Waals surface area contributed by atoms with Crippen LogP contribution >= 0.6 is 0 Å². The van der Waals surface area contributed by atoms with Crippen LogP contribution in [0.5, 0.6) is 0 Å². The minimum Gasteiger partial charge on any atom is -0.466 e. The quantitative estimate of drug-likeness (QED) is 0.0323. The number of ether oxygens (including phenoxy) is 1. The van der Waals surface area contributed by atoms with Gasteiger partial charge in [-0.25, -0.2) is 0 Å². The van der Waals surface area contributed by atoms with E-state index in [1.54, 1.807) is 6.08 Å². The van der Waals surface area contributed by atoms with Crippen molar-refractivity contribution < 1.29 is 24.5 Å². The average Bonchev–Trinajstić information content (AvgIpc) is 3.22. The van der Waals surface area contributed by atoms with Crippen LogP contribution in [0.25, 0.3) is 0 Å². The van der Waals surface area contributed by atoms with Crippen molar-refractivity contribution in [2.75, 3.05) is 13.2 Å². The van der Waals surface area contributed by atoms with Gasteiger partial charge in [0.05, 0.1) is 25.4 Å². The molecular formula is C52H97NO5. The molecular weight excluding hydrogens is 719 g/mol. The molecule has 0 saturated heterocycles. The lowest BCUT2D eigenvalue weighted by Crippen LogP contribution is -2.45. The lowest BCUT2D eigenvalue weighted by Gasteiger charge is -2.19. The van der Waals surface area contributed by atoms with E-state index in [0.29, 0.717) is 19.4 Å². The number of carbonyl (C=O) groups is 2. The number of aliphatic hydroxyl groups is 2. The Labute approximate surface area is 360 Å². The van der Waals surface area contributed by atoms with Gasteiger partial charge in [0.2, 0.25) is 5.91 Å². The summed E-state index contributed by atoms with van der Waals surface area (Å²) in [5, 5.41) is 23.0. The summed E-state index contributed by atoms with van der Waals surface area (Å²) in [4.78, 5) is 24.4. The molecule has 0 aliphatic heterocycles. The van der Waals surface area contributed by atoms with Gasteiger partial charge in [-0.3, -0.25) is 9.59 Å². The van der Waals surface area contributed by atoms with E-state index >= 15 is 0 Å². The summed E-state index contributed by atoms with van der Waals surface area (Å²) in [6.45, 7) is 4.83. The zero-order valence-corrected chi connectivity index (χ0v) is 38.5. The molecule has 2 atom stereocenters. The molecule has 0 heterocycles. The number of rotatable bonds is 46. The van der Waals surface area contributed by atoms with Gasteiger partial charge in [0.15, 0.2) is 0 Å². The SMILES string of the molecule is CCCCCC/C=C\CCCCCCCC(=O)OCCCCCCCC/C=C\CCCCCC(=O)NC(CO)C(O)/C=C/CCCCCCCCCCCCCCC. The molecule has 0 aromatic carbocycles. The third-order valence-corrected chi connectivity index (χ3v) is 11.4. The van der Waals surface area contributed by atoms with Crippen molar-refractivity contribution in [1.82, 2.24) is 5.32 Å². The van der Waals surface area contributed by atoms with Crippen molar-refractivity contribution in [3.05, 3.63) is 36.5 Å². The maximum absolute atomic E-state index is 12.4. The van der Waals surface area contributed by atoms with Crippen LogP contribution < -0.4 is 5.32 Å². The van der Waals surface area contributed by atoms with Gasteiger partial charge in [0, 0.05) is 12.8 Å². The molecule has 0 aliphatic carbocycles. The highest BCUT2D eigenvalue weighted by Gasteiger charge is 2.18. The van der Waals surface area contributed by atoms with E-state index in [1.165, 1.54) is 161 Å². The highest BCUT2D eigenvalue weighted by molar-refractivity contribution is 5.76. The van der Waals surface area contributed by atoms with Crippen molar-refractivity contribution >= 4 is 11.9 Å². The van der Waals surface area contributed by atoms with Crippen LogP contribution in [0.1, 0.15) is 258 Å². The minimum atomic E-state index is -0.861. The van der Waals surface area contributed by atoms with E-state index in [2.05, 4.69) is 43.5 Å². The van der Waals surface area contributed by atoms with Gasteiger partial charge >= 0.3 is 5.97 Å². The lowest BCUT2D eigenvalue weighted by atomic mass is 10.0. The Morgan fingerprint density at radius 1 is 0.466 bits per heavy atom. The molecule has 0 aromatic rings. The number of unbranched alkanes of at least 4 members (excludes halogenated alkanes) is 31. The van der Waals surface area contributed by atoms with E-state index < -0.39 is 12.1 Å². The standard InChI is InChI=1S/C52H97NO5/c1-3-5-7-9-11-13-15-17-18-21-24-28-32-36-40-44-50(55)49(48-54)53-51(56)45-41-37-33-29-25-22-19-23-27-31-35-39-43-47-58-52(57)46-42-38-34-30-26-20-16-14-12-10-8-6-4-2/h14,16,22,25,40,44,49-50,54-55H,3-13,15,17-21,23-24,26-39,41-43,45-48H2,1-2H3,(H,53,56)/b16-14-,25-22-,44-40+. The Balaban J connectivity index is 3.55. The Bertz CT molecular complexity index is 946. The van der Waals surface area contributed by atoms with Crippen molar-refractivity contribution in [1.29, 1.82) is 0 Å². The fraction of sp³-hybridized carbons (Fsp3) is 0.846. The summed E-state index contributed by atoms with van der Waals surface area (Å²) in [6, 6.07) is -0.648. The van der Waals surface area contributed by atoms with Gasteiger partial charge in [-0.05, 0) is 83.5 Å². The fourth-order valence-corrected chi connectivity index (χ4v) is 7.44. The monoisotopic (exact) mass is 816 g/mol. The van der Waals surface area contributed by atoms with Crippen LogP contribution in [-0.4, -0.2) is 47.4 Å². The highest BCUT2D eigenvalue weighted by atomic mass is 16.5. The predicted molar refractivity (Wildman–Crippen MR) is 250 cm³/mol. The zero-order chi connectivity index (χ0) is 42.3. The molecule has 6 heteroatoms. The smallest absolute Gasteiger partial charge is 0.305 e. The summed E-state index contributed by atoms with van der Waals surface area (Å²) >= 11 is 0. The summed E-state index contributed by atoms with van der Waals surface area (Å²) in [5.74, 6) is -0.123. The molecule has 0 saturated carbocycles. The van der Waals surface area contributed by atoms with Crippen LogP contribution in [-0.2, 0) is 14.3 Å². The van der Waals surface area contributed by atoms with E-state index in [-0.39, 0.29) is 18.5 Å². The second kappa shape index (κ2) is 47.8. The van der Waals surface area contributed by atoms with Crippen LogP contribution in [0.4, 0.5) is 0 Å². The first-order valence-electron chi connectivity index (χ1n) is 25.3. The minimum absolute atomic E-state index is 0.0240. The number of carbonyl (C=O) groups excluding carboxylic acids is 2. The molecule has 0 aliphatic rings. The third-order valence-electron chi connectivity index (χ3n) is 11.4. The maximum Gasteiger partial charge on any atom is 0.305 e. The van der Waals surface area contributed by atoms with E-state index in [9.17, 15) is 19.8 Å². The lowest BCUT2D eigenvalue weighted by molar-refractivity contribution is -0.143. The highest BCUT2D eigenvalue weighted by Crippen LogP contribution is 2.15. The normalized spacial score (nSPS) is 13.0. The van der Waals surface area contributed by atoms with Gasteiger partial charge in [-0.1, -0.05) is 198 Å². The van der Waals surface area contributed by atoms with Crippen molar-refractivity contribution in [2.45, 2.75) is 270 Å². The first kappa shape index (κ1) is 56.1. The van der Waals surface area contributed by atoms with Gasteiger partial charge < -0.3 is 20.3 Å². The van der Waals surface area contributed by atoms with Crippen LogP contribution in [0.15, 0.2) is 36.5 Å². The van der Waals surface area contributed by atoms with E-state index in [4.69, 9.17) is 4.74 Å². The molecule has 3 N–H and O–H groups in total. The summed E-state index contributed by atoms with van der Waals surface area (Å²) in [7, 11) is 0. The number of esters is 1. The molecule has 1 amide bonds. The summed E-state index contributed by atoms with van der Waals surface area (Å²) in [5.41, 5.74) is 0. The van der Waals surface area contributed by atoms with Crippen molar-refractivity contribution in [3.63, 3.8) is 0 Å². The summed E-state index contributed by atoms with van der Waals surface area (Å²) < 4.78 is 5.44. The van der Waals surface area contributed by atoms with Crippen molar-refractivity contribution in [3.8, 4) is 0 Å². The largest absolute Gasteiger partial charge is 0.466 e. The number of allylic oxidation sites excluding steroid dienone is 5. The van der Waals surface area contributed by atoms with Gasteiger partial charge in [0.25, 0.3) is 0 Å². The Morgan fingerprint density at radius 3 is 1.26 bits per heavy atom. The molecule has 6 nitrogen and oxygen atoms in total. The first-order valence-corrected chi connectivity index (χ1v) is 25.3. The molecule has 2 unspecified atom stereocenters. The Hall–Kier alpha value is -1.92. The average molecular weight is 816 g/mol. The predicted octanol–water partition coefficient (Wildman–Crippen LogP) is 14.9. The molecule has 340 valence electrons. The topological polar surface area (TPSA) is 95.9 Å². The molecule has 58 heavy (non-hydrogen) atoms. The number of amides is 1. The van der Waals surface area contributed by atoms with Crippen LogP contribution in [0.3, 0.4) is 0 Å². The number of nitrogens with one attached hydrogen (secondary N) is 1. The zero-order valence-electron chi connectivity index (χ0n) is 38.5. The summed E-state index contributed by atoms with van der Waals surface area (Å²) in [6.07, 6.45) is 57.1. The maximum atomic E-state index is 12.4. The molecule has 0 spiro atoms. The molecule has 0 bridgehead atoms. The molecule has 0 rings (SSSR count).